The Morgan fingerprint density at radius 1 is 1.27 bits per heavy atom. The van der Waals surface area contributed by atoms with Crippen molar-refractivity contribution >= 4 is 45.0 Å². The lowest BCUT2D eigenvalue weighted by Gasteiger charge is -2.18. The van der Waals surface area contributed by atoms with Crippen LogP contribution in [0.25, 0.3) is 10.9 Å². The summed E-state index contributed by atoms with van der Waals surface area (Å²) in [4.78, 5) is 28.7. The van der Waals surface area contributed by atoms with E-state index in [1.165, 1.54) is 4.57 Å². The van der Waals surface area contributed by atoms with Gasteiger partial charge in [0.05, 0.1) is 16.9 Å². The normalized spacial score (nSPS) is 12.1. The van der Waals surface area contributed by atoms with Crippen molar-refractivity contribution in [1.29, 1.82) is 0 Å². The molecule has 3 rings (SSSR count). The van der Waals surface area contributed by atoms with Gasteiger partial charge in [0.25, 0.3) is 11.5 Å². The molecule has 0 bridgehead atoms. The average Bonchev–Trinajstić information content (AvgIpc) is 2.74. The van der Waals surface area contributed by atoms with Crippen LogP contribution >= 0.6 is 28.1 Å². The van der Waals surface area contributed by atoms with E-state index in [2.05, 4.69) is 26.2 Å². The molecule has 0 radical (unpaired) electrons. The van der Waals surface area contributed by atoms with Crippen molar-refractivity contribution in [2.45, 2.75) is 32.4 Å². The quantitative estimate of drug-likeness (QED) is 0.353. The number of nitrogens with zero attached hydrogens (tertiary/aromatic N) is 1. The fraction of sp³-hybridized carbons (Fsp3) is 0.318. The van der Waals surface area contributed by atoms with Crippen LogP contribution in [0.4, 0.5) is 0 Å². The highest BCUT2D eigenvalue weighted by molar-refractivity contribution is 9.10. The number of fused-ring (bicyclic) bond motifs is 1. The molecular weight excluding hydrogens is 466 g/mol. The Balaban J connectivity index is 1.86. The summed E-state index contributed by atoms with van der Waals surface area (Å²) in [6, 6.07) is 12.8. The Hall–Kier alpha value is -2.29. The minimum atomic E-state index is -0.199. The predicted molar refractivity (Wildman–Crippen MR) is 125 cm³/mol. The summed E-state index contributed by atoms with van der Waals surface area (Å²) in [5.74, 6) is -0.199. The zero-order valence-corrected chi connectivity index (χ0v) is 19.3. The Labute approximate surface area is 188 Å². The molecule has 0 aliphatic carbocycles. The van der Waals surface area contributed by atoms with E-state index in [1.54, 1.807) is 25.3 Å². The monoisotopic (exact) mass is 489 g/mol. The molecular formula is C22H24BrN3O3S. The summed E-state index contributed by atoms with van der Waals surface area (Å²) >= 11 is 8.78. The van der Waals surface area contributed by atoms with Gasteiger partial charge >= 0.3 is 0 Å². The number of aromatic amines is 1. The lowest BCUT2D eigenvalue weighted by atomic mass is 10.0. The second kappa shape index (κ2) is 10.1. The molecule has 0 saturated heterocycles. The van der Waals surface area contributed by atoms with Crippen LogP contribution in [0.15, 0.2) is 51.7 Å². The van der Waals surface area contributed by atoms with Crippen LogP contribution in [0.3, 0.4) is 0 Å². The fourth-order valence-corrected chi connectivity index (χ4v) is 3.87. The number of halogens is 1. The van der Waals surface area contributed by atoms with Gasteiger partial charge in [-0.2, -0.15) is 0 Å². The van der Waals surface area contributed by atoms with E-state index < -0.39 is 0 Å². The fourth-order valence-electron chi connectivity index (χ4n) is 3.32. The first kappa shape index (κ1) is 22.4. The van der Waals surface area contributed by atoms with E-state index in [1.807, 2.05) is 31.2 Å². The van der Waals surface area contributed by atoms with Crippen molar-refractivity contribution in [3.63, 3.8) is 0 Å². The van der Waals surface area contributed by atoms with Gasteiger partial charge in [-0.15, -0.1) is 0 Å². The summed E-state index contributed by atoms with van der Waals surface area (Å²) in [7, 11) is 1.62. The van der Waals surface area contributed by atoms with Gasteiger partial charge in [0.1, 0.15) is 0 Å². The molecule has 2 aromatic carbocycles. The van der Waals surface area contributed by atoms with E-state index in [0.717, 1.165) is 16.5 Å². The highest BCUT2D eigenvalue weighted by Gasteiger charge is 2.15. The summed E-state index contributed by atoms with van der Waals surface area (Å²) in [6.07, 6.45) is 1.45. The number of rotatable bonds is 8. The Morgan fingerprint density at radius 3 is 2.67 bits per heavy atom. The van der Waals surface area contributed by atoms with E-state index in [0.29, 0.717) is 40.8 Å². The third-order valence-corrected chi connectivity index (χ3v) is 5.81. The molecule has 0 aliphatic rings. The number of methoxy groups -OCH3 is 1. The molecule has 1 unspecified atom stereocenters. The van der Waals surface area contributed by atoms with Crippen LogP contribution in [-0.2, 0) is 11.3 Å². The topological polar surface area (TPSA) is 76.1 Å². The molecule has 1 aromatic heterocycles. The van der Waals surface area contributed by atoms with Crippen LogP contribution in [0.2, 0.25) is 0 Å². The number of hydrogen-bond acceptors (Lipinski definition) is 4. The number of benzene rings is 2. The summed E-state index contributed by atoms with van der Waals surface area (Å²) in [5.41, 5.74) is 1.89. The molecule has 6 nitrogen and oxygen atoms in total. The van der Waals surface area contributed by atoms with Gasteiger partial charge in [0.2, 0.25) is 0 Å². The summed E-state index contributed by atoms with van der Waals surface area (Å²) < 4.78 is 7.90. The molecule has 1 heterocycles. The molecule has 1 amide bonds. The van der Waals surface area contributed by atoms with Gasteiger partial charge in [-0.25, -0.2) is 0 Å². The highest BCUT2D eigenvalue weighted by atomic mass is 79.9. The van der Waals surface area contributed by atoms with Gasteiger partial charge in [-0.1, -0.05) is 35.0 Å². The van der Waals surface area contributed by atoms with Crippen LogP contribution in [-0.4, -0.2) is 29.2 Å². The Kier molecular flexibility index (Phi) is 7.58. The Bertz CT molecular complexity index is 1150. The largest absolute Gasteiger partial charge is 0.385 e. The van der Waals surface area contributed by atoms with Gasteiger partial charge in [-0.3, -0.25) is 14.2 Å². The first-order chi connectivity index (χ1) is 14.4. The number of carbonyl (C=O) groups is 1. The SMILES string of the molecule is CCC(NC(=O)c1ccc2c(=O)n(CCCOC)c(=S)[nH]c2c1)c1ccc(Br)cc1. The molecule has 2 N–H and O–H groups in total. The van der Waals surface area contributed by atoms with Crippen molar-refractivity contribution in [3.05, 3.63) is 73.2 Å². The lowest BCUT2D eigenvalue weighted by molar-refractivity contribution is 0.0935. The third kappa shape index (κ3) is 5.06. The molecule has 30 heavy (non-hydrogen) atoms. The molecule has 0 fully saturated rings. The van der Waals surface area contributed by atoms with Crippen molar-refractivity contribution in [1.82, 2.24) is 14.9 Å². The third-order valence-electron chi connectivity index (χ3n) is 4.96. The molecule has 1 atom stereocenters. The highest BCUT2D eigenvalue weighted by Crippen LogP contribution is 2.20. The van der Waals surface area contributed by atoms with Crippen molar-refractivity contribution in [3.8, 4) is 0 Å². The van der Waals surface area contributed by atoms with E-state index in [4.69, 9.17) is 17.0 Å². The zero-order valence-electron chi connectivity index (χ0n) is 16.9. The number of ether oxygens (including phenoxy) is 1. The van der Waals surface area contributed by atoms with Crippen LogP contribution < -0.4 is 10.9 Å². The molecule has 3 aromatic rings. The second-order valence-corrected chi connectivity index (χ2v) is 8.28. The van der Waals surface area contributed by atoms with Crippen molar-refractivity contribution < 1.29 is 9.53 Å². The number of nitrogens with one attached hydrogen (secondary N) is 2. The zero-order chi connectivity index (χ0) is 21.7. The maximum Gasteiger partial charge on any atom is 0.262 e. The van der Waals surface area contributed by atoms with Gasteiger partial charge in [0.15, 0.2) is 4.77 Å². The van der Waals surface area contributed by atoms with Gasteiger partial charge in [-0.05, 0) is 61.0 Å². The molecule has 8 heteroatoms. The number of H-pyrrole nitrogens is 1. The van der Waals surface area contributed by atoms with Gasteiger partial charge in [0, 0.05) is 30.3 Å². The molecule has 0 spiro atoms. The molecule has 0 aliphatic heterocycles. The van der Waals surface area contributed by atoms with E-state index in [-0.39, 0.29) is 17.5 Å². The van der Waals surface area contributed by atoms with Crippen LogP contribution in [0.5, 0.6) is 0 Å². The van der Waals surface area contributed by atoms with Crippen LogP contribution in [0.1, 0.15) is 41.7 Å². The van der Waals surface area contributed by atoms with E-state index in [9.17, 15) is 9.59 Å². The minimum Gasteiger partial charge on any atom is -0.385 e. The maximum absolute atomic E-state index is 12.9. The van der Waals surface area contributed by atoms with Gasteiger partial charge < -0.3 is 15.0 Å². The number of carbonyl (C=O) groups excluding carboxylic acids is 1. The van der Waals surface area contributed by atoms with E-state index >= 15 is 0 Å². The summed E-state index contributed by atoms with van der Waals surface area (Å²) in [5, 5.41) is 3.56. The maximum atomic E-state index is 12.9. The molecule has 0 saturated carbocycles. The van der Waals surface area contributed by atoms with Crippen molar-refractivity contribution in [2.75, 3.05) is 13.7 Å². The number of aromatic nitrogens is 2. The lowest BCUT2D eigenvalue weighted by Crippen LogP contribution is -2.28. The number of hydrogen-bond donors (Lipinski definition) is 2. The van der Waals surface area contributed by atoms with Crippen LogP contribution in [0, 0.1) is 4.77 Å². The number of amides is 1. The minimum absolute atomic E-state index is 0.103. The predicted octanol–water partition coefficient (Wildman–Crippen LogP) is 4.74. The second-order valence-electron chi connectivity index (χ2n) is 6.98. The average molecular weight is 490 g/mol. The molecule has 158 valence electrons. The Morgan fingerprint density at radius 2 is 2.00 bits per heavy atom. The summed E-state index contributed by atoms with van der Waals surface area (Å²) in [6.45, 7) is 3.05. The first-order valence-corrected chi connectivity index (χ1v) is 11.0. The van der Waals surface area contributed by atoms with Crippen molar-refractivity contribution in [2.24, 2.45) is 0 Å². The standard InChI is InChI=1S/C22H24BrN3O3S/c1-3-18(14-5-8-16(23)9-6-14)24-20(27)15-7-10-17-19(13-15)25-22(30)26(21(17)28)11-4-12-29-2/h5-10,13,18H,3-4,11-12H2,1-2H3,(H,24,27)(H,25,30). The first-order valence-electron chi connectivity index (χ1n) is 9.76. The smallest absolute Gasteiger partial charge is 0.262 e.